The molecule has 0 radical (unpaired) electrons. The highest BCUT2D eigenvalue weighted by Gasteiger charge is 2.27. The number of carbonyl (C=O) groups is 2. The maximum absolute atomic E-state index is 12.2. The smallest absolute Gasteiger partial charge is 0.410 e. The number of nitrogens with zero attached hydrogens (tertiary/aromatic N) is 3. The fraction of sp³-hybridized carbons (Fsp3) is 0.550. The van der Waals surface area contributed by atoms with E-state index in [1.54, 1.807) is 17.0 Å². The number of piperazine rings is 1. The minimum Gasteiger partial charge on any atom is -0.490 e. The van der Waals surface area contributed by atoms with Gasteiger partial charge in [-0.2, -0.15) is 0 Å². The Hall–Kier alpha value is -2.55. The lowest BCUT2D eigenvalue weighted by atomic mass is 10.2. The molecule has 0 saturated carbocycles. The van der Waals surface area contributed by atoms with E-state index < -0.39 is 11.6 Å². The second-order valence-corrected chi connectivity index (χ2v) is 9.25. The number of anilines is 1. The van der Waals surface area contributed by atoms with Gasteiger partial charge < -0.3 is 24.4 Å². The van der Waals surface area contributed by atoms with E-state index >= 15 is 0 Å². The lowest BCUT2D eigenvalue weighted by Gasteiger charge is -2.35. The summed E-state index contributed by atoms with van der Waals surface area (Å²) >= 11 is 1.44. The van der Waals surface area contributed by atoms with Crippen molar-refractivity contribution in [1.82, 2.24) is 9.88 Å². The topological polar surface area (TPSA) is 92.2 Å². The number of carbonyl (C=O) groups excluding carboxylic acids is 1. The van der Waals surface area contributed by atoms with Crippen LogP contribution in [0.15, 0.2) is 12.1 Å². The fourth-order valence-electron chi connectivity index (χ4n) is 3.00. The highest BCUT2D eigenvalue weighted by atomic mass is 32.1. The van der Waals surface area contributed by atoms with E-state index in [1.807, 2.05) is 34.6 Å². The van der Waals surface area contributed by atoms with Crippen LogP contribution in [0.4, 0.5) is 9.93 Å². The number of aromatic carboxylic acids is 1. The molecule has 3 rings (SSSR count). The summed E-state index contributed by atoms with van der Waals surface area (Å²) < 4.78 is 11.9. The Kier molecular flexibility index (Phi) is 5.88. The predicted molar refractivity (Wildman–Crippen MR) is 112 cm³/mol. The average molecular weight is 422 g/mol. The summed E-state index contributed by atoms with van der Waals surface area (Å²) in [7, 11) is 0. The number of hydrogen-bond acceptors (Lipinski definition) is 7. The average Bonchev–Trinajstić information content (AvgIpc) is 3.02. The van der Waals surface area contributed by atoms with Gasteiger partial charge in [0.15, 0.2) is 5.13 Å². The van der Waals surface area contributed by atoms with Crippen LogP contribution in [0, 0.1) is 0 Å². The van der Waals surface area contributed by atoms with Crippen molar-refractivity contribution < 1.29 is 24.2 Å². The Balaban J connectivity index is 1.76. The Labute approximate surface area is 174 Å². The number of amides is 1. The molecule has 0 aliphatic carbocycles. The van der Waals surface area contributed by atoms with Crippen molar-refractivity contribution in [2.45, 2.75) is 46.3 Å². The number of carboxylic acid groups (broad SMARTS) is 1. The third-order valence-corrected chi connectivity index (χ3v) is 5.35. The van der Waals surface area contributed by atoms with Crippen molar-refractivity contribution in [1.29, 1.82) is 0 Å². The molecule has 158 valence electrons. The molecule has 0 atom stereocenters. The van der Waals surface area contributed by atoms with Gasteiger partial charge in [0.1, 0.15) is 16.9 Å². The van der Waals surface area contributed by atoms with Crippen LogP contribution in [0.1, 0.15) is 45.0 Å². The van der Waals surface area contributed by atoms with Crippen molar-refractivity contribution in [2.24, 2.45) is 0 Å². The molecule has 1 aromatic heterocycles. The zero-order valence-electron chi connectivity index (χ0n) is 17.4. The van der Waals surface area contributed by atoms with Crippen molar-refractivity contribution in [2.75, 3.05) is 31.1 Å². The van der Waals surface area contributed by atoms with E-state index in [1.165, 1.54) is 11.3 Å². The molecule has 0 bridgehead atoms. The van der Waals surface area contributed by atoms with E-state index in [4.69, 9.17) is 9.47 Å². The standard InChI is InChI=1S/C20H27N3O5S/c1-12(2)27-15-11-14-16(10-13(15)17(24)25)29-18(21-14)22-6-8-23(9-7-22)19(26)28-20(3,4)5/h10-12H,6-9H2,1-5H3,(H,24,25). The molecule has 0 unspecified atom stereocenters. The lowest BCUT2D eigenvalue weighted by Crippen LogP contribution is -2.50. The van der Waals surface area contributed by atoms with Crippen LogP contribution in [0.3, 0.4) is 0 Å². The first-order chi connectivity index (χ1) is 13.5. The van der Waals surface area contributed by atoms with Crippen LogP contribution < -0.4 is 9.64 Å². The van der Waals surface area contributed by atoms with E-state index in [2.05, 4.69) is 9.88 Å². The molecule has 1 aliphatic rings. The van der Waals surface area contributed by atoms with Crippen LogP contribution in [-0.4, -0.2) is 64.9 Å². The Morgan fingerprint density at radius 1 is 1.17 bits per heavy atom. The summed E-state index contributed by atoms with van der Waals surface area (Å²) in [6.07, 6.45) is -0.437. The predicted octanol–water partition coefficient (Wildman–Crippen LogP) is 3.84. The summed E-state index contributed by atoms with van der Waals surface area (Å²) in [5.74, 6) is -0.699. The van der Waals surface area contributed by atoms with Crippen LogP contribution in [-0.2, 0) is 4.74 Å². The van der Waals surface area contributed by atoms with Crippen LogP contribution >= 0.6 is 11.3 Å². The quantitative estimate of drug-likeness (QED) is 0.802. The van der Waals surface area contributed by atoms with Gasteiger partial charge in [-0.1, -0.05) is 11.3 Å². The van der Waals surface area contributed by atoms with E-state index in [-0.39, 0.29) is 17.8 Å². The normalized spacial score (nSPS) is 15.1. The van der Waals surface area contributed by atoms with Gasteiger partial charge in [0.2, 0.25) is 0 Å². The zero-order valence-corrected chi connectivity index (χ0v) is 18.2. The second-order valence-electron chi connectivity index (χ2n) is 8.24. The van der Waals surface area contributed by atoms with E-state index in [0.29, 0.717) is 37.4 Å². The maximum atomic E-state index is 12.2. The molecule has 29 heavy (non-hydrogen) atoms. The molecule has 2 heterocycles. The summed E-state index contributed by atoms with van der Waals surface area (Å²) in [5, 5.41) is 10.3. The first-order valence-electron chi connectivity index (χ1n) is 9.61. The molecule has 1 N–H and O–H groups in total. The Bertz CT molecular complexity index is 911. The van der Waals surface area contributed by atoms with Crippen molar-refractivity contribution in [3.8, 4) is 5.75 Å². The molecule has 1 aromatic carbocycles. The minimum atomic E-state index is -1.02. The largest absolute Gasteiger partial charge is 0.490 e. The van der Waals surface area contributed by atoms with E-state index in [9.17, 15) is 14.7 Å². The number of hydrogen-bond donors (Lipinski definition) is 1. The van der Waals surface area contributed by atoms with Crippen LogP contribution in [0.5, 0.6) is 5.75 Å². The van der Waals surface area contributed by atoms with Gasteiger partial charge in [-0.15, -0.1) is 0 Å². The van der Waals surface area contributed by atoms with Gasteiger partial charge in [0.05, 0.1) is 16.3 Å². The molecule has 0 spiro atoms. The molecular weight excluding hydrogens is 394 g/mol. The first-order valence-corrected chi connectivity index (χ1v) is 10.4. The Morgan fingerprint density at radius 2 is 1.83 bits per heavy atom. The molecule has 9 heteroatoms. The number of aromatic nitrogens is 1. The molecule has 1 fully saturated rings. The van der Waals surface area contributed by atoms with Crippen molar-refractivity contribution in [3.05, 3.63) is 17.7 Å². The molecule has 1 saturated heterocycles. The zero-order chi connectivity index (χ0) is 21.3. The third-order valence-electron chi connectivity index (χ3n) is 4.27. The van der Waals surface area contributed by atoms with Gasteiger partial charge >= 0.3 is 12.1 Å². The molecule has 1 amide bonds. The Morgan fingerprint density at radius 3 is 2.38 bits per heavy atom. The highest BCUT2D eigenvalue weighted by molar-refractivity contribution is 7.22. The number of carboxylic acids is 1. The summed E-state index contributed by atoms with van der Waals surface area (Å²) in [5.41, 5.74) is 0.329. The lowest BCUT2D eigenvalue weighted by molar-refractivity contribution is 0.0240. The van der Waals surface area contributed by atoms with Crippen molar-refractivity contribution >= 4 is 38.7 Å². The molecular formula is C20H27N3O5S. The summed E-state index contributed by atoms with van der Waals surface area (Å²) in [6.45, 7) is 11.6. The van der Waals surface area contributed by atoms with E-state index in [0.717, 1.165) is 9.83 Å². The number of thiazole rings is 1. The van der Waals surface area contributed by atoms with Gasteiger partial charge in [0, 0.05) is 32.2 Å². The molecule has 1 aliphatic heterocycles. The van der Waals surface area contributed by atoms with Gasteiger partial charge in [-0.05, 0) is 40.7 Å². The molecule has 8 nitrogen and oxygen atoms in total. The van der Waals surface area contributed by atoms with Crippen LogP contribution in [0.25, 0.3) is 10.2 Å². The molecule has 2 aromatic rings. The van der Waals surface area contributed by atoms with Gasteiger partial charge in [0.25, 0.3) is 0 Å². The van der Waals surface area contributed by atoms with Crippen LogP contribution in [0.2, 0.25) is 0 Å². The number of benzene rings is 1. The number of ether oxygens (including phenoxy) is 2. The van der Waals surface area contributed by atoms with Gasteiger partial charge in [-0.3, -0.25) is 0 Å². The first kappa shape index (κ1) is 21.2. The fourth-order valence-corrected chi connectivity index (χ4v) is 4.04. The van der Waals surface area contributed by atoms with Gasteiger partial charge in [-0.25, -0.2) is 14.6 Å². The number of rotatable bonds is 4. The summed E-state index contributed by atoms with van der Waals surface area (Å²) in [6, 6.07) is 3.31. The van der Waals surface area contributed by atoms with Crippen molar-refractivity contribution in [3.63, 3.8) is 0 Å². The SMILES string of the molecule is CC(C)Oc1cc2nc(N3CCN(C(=O)OC(C)(C)C)CC3)sc2cc1C(=O)O. The minimum absolute atomic E-state index is 0.135. The third kappa shape index (κ3) is 5.09. The summed E-state index contributed by atoms with van der Waals surface area (Å²) in [4.78, 5) is 32.3. The second kappa shape index (κ2) is 8.06. The maximum Gasteiger partial charge on any atom is 0.410 e. The monoisotopic (exact) mass is 421 g/mol. The number of fused-ring (bicyclic) bond motifs is 1. The highest BCUT2D eigenvalue weighted by Crippen LogP contribution is 2.34.